The van der Waals surface area contributed by atoms with Crippen molar-refractivity contribution in [2.45, 2.75) is 38.3 Å². The molecule has 1 N–H and O–H groups in total. The number of para-hydroxylation sites is 1. The van der Waals surface area contributed by atoms with Crippen molar-refractivity contribution in [1.82, 2.24) is 10.3 Å². The summed E-state index contributed by atoms with van der Waals surface area (Å²) in [6.07, 6.45) is 5.29. The molecule has 0 amide bonds. The largest absolute Gasteiger partial charge is 0.356 e. The van der Waals surface area contributed by atoms with E-state index in [4.69, 9.17) is 4.98 Å². The van der Waals surface area contributed by atoms with Crippen LogP contribution in [0.15, 0.2) is 30.3 Å². The van der Waals surface area contributed by atoms with Crippen LogP contribution in [0.25, 0.3) is 10.9 Å². The van der Waals surface area contributed by atoms with E-state index in [-0.39, 0.29) is 0 Å². The maximum Gasteiger partial charge on any atom is 0.133 e. The smallest absolute Gasteiger partial charge is 0.133 e. The van der Waals surface area contributed by atoms with Crippen LogP contribution in [0.4, 0.5) is 5.82 Å². The van der Waals surface area contributed by atoms with Gasteiger partial charge < -0.3 is 10.2 Å². The normalized spacial score (nSPS) is 15.9. The minimum absolute atomic E-state index is 0.652. The van der Waals surface area contributed by atoms with E-state index in [2.05, 4.69) is 47.6 Å². The predicted molar refractivity (Wildman–Crippen MR) is 85.2 cm³/mol. The van der Waals surface area contributed by atoms with E-state index in [1.165, 1.54) is 36.6 Å². The first kappa shape index (κ1) is 13.4. The third kappa shape index (κ3) is 2.50. The molecule has 1 aliphatic carbocycles. The molecule has 20 heavy (non-hydrogen) atoms. The molecule has 0 atom stereocenters. The fourth-order valence-electron chi connectivity index (χ4n) is 3.24. The van der Waals surface area contributed by atoms with Crippen molar-refractivity contribution < 1.29 is 0 Å². The van der Waals surface area contributed by atoms with Gasteiger partial charge in [-0.15, -0.1) is 0 Å². The molecule has 1 aromatic heterocycles. The molecule has 0 aliphatic heterocycles. The van der Waals surface area contributed by atoms with E-state index < -0.39 is 0 Å². The van der Waals surface area contributed by atoms with E-state index in [1.807, 2.05) is 7.05 Å². The Hall–Kier alpha value is -1.61. The van der Waals surface area contributed by atoms with Gasteiger partial charge in [0.1, 0.15) is 5.82 Å². The van der Waals surface area contributed by atoms with Gasteiger partial charge in [0, 0.05) is 30.6 Å². The highest BCUT2D eigenvalue weighted by molar-refractivity contribution is 5.81. The van der Waals surface area contributed by atoms with Crippen LogP contribution in [0.3, 0.4) is 0 Å². The lowest BCUT2D eigenvalue weighted by atomic mass is 10.1. The molecule has 3 nitrogen and oxygen atoms in total. The quantitative estimate of drug-likeness (QED) is 0.922. The van der Waals surface area contributed by atoms with E-state index in [1.54, 1.807) is 0 Å². The van der Waals surface area contributed by atoms with E-state index in [0.717, 1.165) is 17.9 Å². The molecular formula is C17H23N3. The van der Waals surface area contributed by atoms with Crippen molar-refractivity contribution >= 4 is 16.7 Å². The molecule has 3 heteroatoms. The Morgan fingerprint density at radius 3 is 2.75 bits per heavy atom. The van der Waals surface area contributed by atoms with Crippen LogP contribution in [0.5, 0.6) is 0 Å². The second kappa shape index (κ2) is 5.80. The molecular weight excluding hydrogens is 246 g/mol. The number of fused-ring (bicyclic) bond motifs is 1. The Balaban J connectivity index is 2.03. The van der Waals surface area contributed by atoms with Gasteiger partial charge in [-0.1, -0.05) is 31.0 Å². The molecule has 3 rings (SSSR count). The number of nitrogens with one attached hydrogen (secondary N) is 1. The molecule has 0 saturated heterocycles. The zero-order valence-corrected chi connectivity index (χ0v) is 12.4. The van der Waals surface area contributed by atoms with Gasteiger partial charge in [-0.3, -0.25) is 0 Å². The minimum atomic E-state index is 0.652. The first-order valence-corrected chi connectivity index (χ1v) is 7.55. The molecule has 1 heterocycles. The van der Waals surface area contributed by atoms with Crippen molar-refractivity contribution in [2.24, 2.45) is 0 Å². The Morgan fingerprint density at radius 2 is 2.00 bits per heavy atom. The average molecular weight is 269 g/mol. The SMILES string of the molecule is CNCc1cc2ccccc2nc1N(C)C1CCCC1. The second-order valence-corrected chi connectivity index (χ2v) is 5.74. The number of hydrogen-bond acceptors (Lipinski definition) is 3. The van der Waals surface area contributed by atoms with Gasteiger partial charge in [0.2, 0.25) is 0 Å². The van der Waals surface area contributed by atoms with Gasteiger partial charge in [-0.25, -0.2) is 4.98 Å². The number of rotatable bonds is 4. The molecule has 0 radical (unpaired) electrons. The Labute approximate surface area is 121 Å². The zero-order valence-electron chi connectivity index (χ0n) is 12.4. The number of benzene rings is 1. The molecule has 106 valence electrons. The average Bonchev–Trinajstić information content (AvgIpc) is 3.00. The molecule has 1 aliphatic rings. The molecule has 1 aromatic carbocycles. The van der Waals surface area contributed by atoms with Crippen LogP contribution < -0.4 is 10.2 Å². The second-order valence-electron chi connectivity index (χ2n) is 5.74. The number of pyridine rings is 1. The summed E-state index contributed by atoms with van der Waals surface area (Å²) in [5.41, 5.74) is 2.38. The van der Waals surface area contributed by atoms with Crippen molar-refractivity contribution in [3.8, 4) is 0 Å². The molecule has 0 spiro atoms. The lowest BCUT2D eigenvalue weighted by molar-refractivity contribution is 0.642. The fraction of sp³-hybridized carbons (Fsp3) is 0.471. The van der Waals surface area contributed by atoms with Crippen LogP contribution in [-0.2, 0) is 6.54 Å². The Bertz CT molecular complexity index is 588. The first-order valence-electron chi connectivity index (χ1n) is 7.55. The van der Waals surface area contributed by atoms with E-state index in [0.29, 0.717) is 6.04 Å². The van der Waals surface area contributed by atoms with Crippen LogP contribution in [0, 0.1) is 0 Å². The lowest BCUT2D eigenvalue weighted by Crippen LogP contribution is -2.31. The van der Waals surface area contributed by atoms with Crippen LogP contribution >= 0.6 is 0 Å². The number of aromatic nitrogens is 1. The van der Waals surface area contributed by atoms with Gasteiger partial charge >= 0.3 is 0 Å². The van der Waals surface area contributed by atoms with Crippen LogP contribution in [0.2, 0.25) is 0 Å². The summed E-state index contributed by atoms with van der Waals surface area (Å²) in [5, 5.41) is 4.49. The topological polar surface area (TPSA) is 28.2 Å². The molecule has 0 unspecified atom stereocenters. The van der Waals surface area contributed by atoms with Gasteiger partial charge in [0.25, 0.3) is 0 Å². The molecule has 1 fully saturated rings. The highest BCUT2D eigenvalue weighted by atomic mass is 15.2. The van der Waals surface area contributed by atoms with Crippen molar-refractivity contribution in [3.05, 3.63) is 35.9 Å². The predicted octanol–water partition coefficient (Wildman–Crippen LogP) is 3.33. The van der Waals surface area contributed by atoms with Crippen molar-refractivity contribution in [3.63, 3.8) is 0 Å². The molecule has 2 aromatic rings. The highest BCUT2D eigenvalue weighted by Crippen LogP contribution is 2.29. The Kier molecular flexibility index (Phi) is 3.88. The summed E-state index contributed by atoms with van der Waals surface area (Å²) in [5.74, 6) is 1.14. The van der Waals surface area contributed by atoms with Crippen molar-refractivity contribution in [2.75, 3.05) is 19.0 Å². The van der Waals surface area contributed by atoms with Gasteiger partial charge in [0.05, 0.1) is 5.52 Å². The van der Waals surface area contributed by atoms with Gasteiger partial charge in [-0.2, -0.15) is 0 Å². The third-order valence-electron chi connectivity index (χ3n) is 4.35. The zero-order chi connectivity index (χ0) is 13.9. The maximum atomic E-state index is 4.92. The summed E-state index contributed by atoms with van der Waals surface area (Å²) in [7, 11) is 4.20. The highest BCUT2D eigenvalue weighted by Gasteiger charge is 2.22. The van der Waals surface area contributed by atoms with E-state index in [9.17, 15) is 0 Å². The number of nitrogens with zero attached hydrogens (tertiary/aromatic N) is 2. The van der Waals surface area contributed by atoms with Crippen molar-refractivity contribution in [1.29, 1.82) is 0 Å². The van der Waals surface area contributed by atoms with Crippen LogP contribution in [-0.4, -0.2) is 25.1 Å². The summed E-state index contributed by atoms with van der Waals surface area (Å²) in [4.78, 5) is 7.32. The number of hydrogen-bond donors (Lipinski definition) is 1. The van der Waals surface area contributed by atoms with E-state index >= 15 is 0 Å². The molecule has 0 bridgehead atoms. The summed E-state index contributed by atoms with van der Waals surface area (Å²) >= 11 is 0. The van der Waals surface area contributed by atoms with Crippen LogP contribution in [0.1, 0.15) is 31.2 Å². The van der Waals surface area contributed by atoms with Gasteiger partial charge in [0.15, 0.2) is 0 Å². The summed E-state index contributed by atoms with van der Waals surface area (Å²) in [6.45, 7) is 0.865. The summed E-state index contributed by atoms with van der Waals surface area (Å²) in [6, 6.07) is 11.3. The third-order valence-corrected chi connectivity index (χ3v) is 4.35. The maximum absolute atomic E-state index is 4.92. The summed E-state index contributed by atoms with van der Waals surface area (Å²) < 4.78 is 0. The monoisotopic (exact) mass is 269 g/mol. The molecule has 1 saturated carbocycles. The standard InChI is InChI=1S/C17H23N3/c1-18-12-14-11-13-7-3-6-10-16(13)19-17(14)20(2)15-8-4-5-9-15/h3,6-7,10-11,15,18H,4-5,8-9,12H2,1-2H3. The van der Waals surface area contributed by atoms with Gasteiger partial charge in [-0.05, 0) is 32.0 Å². The first-order chi connectivity index (χ1) is 9.79. The number of anilines is 1. The lowest BCUT2D eigenvalue weighted by Gasteiger charge is -2.28. The Morgan fingerprint density at radius 1 is 1.25 bits per heavy atom. The minimum Gasteiger partial charge on any atom is -0.356 e. The fourth-order valence-corrected chi connectivity index (χ4v) is 3.24.